The zero-order chi connectivity index (χ0) is 23.2. The van der Waals surface area contributed by atoms with Gasteiger partial charge in [-0.25, -0.2) is 15.0 Å². The number of hydrogen-bond acceptors (Lipinski definition) is 8. The minimum absolute atomic E-state index is 0.0935. The lowest BCUT2D eigenvalue weighted by atomic mass is 10.1. The zero-order valence-corrected chi connectivity index (χ0v) is 19.2. The van der Waals surface area contributed by atoms with Gasteiger partial charge in [-0.05, 0) is 42.3 Å². The average molecular weight is 459 g/mol. The van der Waals surface area contributed by atoms with Gasteiger partial charge in [-0.1, -0.05) is 12.1 Å². The standard InChI is InChI=1S/C25H30N8O/c34-24-18-33-13-11-32(12-14-33)17-19-3-1-4-21(15-19)30-25-28-10-7-22(31-25)20-5-6-23(29-16-20)26-8-2-9-27-24/h1,3-7,10,15-16H,2,8-9,11-14,17-18H2,(H,26,29)(H,27,34)(H,28,30,31). The van der Waals surface area contributed by atoms with Gasteiger partial charge < -0.3 is 16.0 Å². The van der Waals surface area contributed by atoms with Gasteiger partial charge in [0.05, 0.1) is 12.2 Å². The summed E-state index contributed by atoms with van der Waals surface area (Å²) in [7, 11) is 0. The van der Waals surface area contributed by atoms with Crippen LogP contribution < -0.4 is 16.0 Å². The molecule has 0 unspecified atom stereocenters. The van der Waals surface area contributed by atoms with E-state index in [1.54, 1.807) is 6.20 Å². The first-order valence-corrected chi connectivity index (χ1v) is 11.8. The van der Waals surface area contributed by atoms with Crippen LogP contribution in [0.25, 0.3) is 11.3 Å². The topological polar surface area (TPSA) is 98.3 Å². The van der Waals surface area contributed by atoms with Crippen molar-refractivity contribution in [1.29, 1.82) is 0 Å². The van der Waals surface area contributed by atoms with E-state index in [1.807, 2.05) is 30.5 Å². The number of anilines is 3. The van der Waals surface area contributed by atoms with Gasteiger partial charge in [0.25, 0.3) is 0 Å². The molecule has 3 aromatic rings. The third kappa shape index (κ3) is 5.86. The lowest BCUT2D eigenvalue weighted by Gasteiger charge is -2.34. The van der Waals surface area contributed by atoms with E-state index in [2.05, 4.69) is 58.9 Å². The summed E-state index contributed by atoms with van der Waals surface area (Å²) in [6, 6.07) is 14.2. The Morgan fingerprint density at radius 1 is 0.853 bits per heavy atom. The number of benzene rings is 1. The van der Waals surface area contributed by atoms with Crippen molar-refractivity contribution in [3.8, 4) is 11.3 Å². The SMILES string of the molecule is O=C1CN2CCN(CC2)Cc2cccc(c2)Nc2nccc(n2)-c2ccc(nc2)NCCCN1. The summed E-state index contributed by atoms with van der Waals surface area (Å²) in [5, 5.41) is 9.68. The Morgan fingerprint density at radius 3 is 2.50 bits per heavy atom. The highest BCUT2D eigenvalue weighted by Crippen LogP contribution is 2.21. The van der Waals surface area contributed by atoms with E-state index in [0.717, 1.165) is 68.5 Å². The molecule has 1 aromatic carbocycles. The molecule has 1 fully saturated rings. The fourth-order valence-electron chi connectivity index (χ4n) is 4.26. The molecule has 8 bridgehead atoms. The first-order valence-electron chi connectivity index (χ1n) is 11.8. The quantitative estimate of drug-likeness (QED) is 0.472. The number of aromatic nitrogens is 3. The van der Waals surface area contributed by atoms with Gasteiger partial charge >= 0.3 is 0 Å². The summed E-state index contributed by atoms with van der Waals surface area (Å²) in [6.45, 7) is 6.42. The maximum atomic E-state index is 12.3. The zero-order valence-electron chi connectivity index (χ0n) is 19.2. The molecule has 0 aliphatic carbocycles. The molecule has 2 aromatic heterocycles. The van der Waals surface area contributed by atoms with Gasteiger partial charge in [0, 0.05) is 69.5 Å². The number of carbonyl (C=O) groups is 1. The smallest absolute Gasteiger partial charge is 0.234 e. The number of piperazine rings is 1. The summed E-state index contributed by atoms with van der Waals surface area (Å²) in [5.74, 6) is 1.45. The first-order chi connectivity index (χ1) is 16.7. The highest BCUT2D eigenvalue weighted by Gasteiger charge is 2.19. The van der Waals surface area contributed by atoms with Crippen LogP contribution in [0, 0.1) is 0 Å². The van der Waals surface area contributed by atoms with Crippen molar-refractivity contribution in [3.63, 3.8) is 0 Å². The Kier molecular flexibility index (Phi) is 6.92. The average Bonchev–Trinajstić information content (AvgIpc) is 2.85. The maximum absolute atomic E-state index is 12.3. The molecule has 176 valence electrons. The van der Waals surface area contributed by atoms with Crippen molar-refractivity contribution in [2.75, 3.05) is 56.4 Å². The fourth-order valence-corrected chi connectivity index (χ4v) is 4.26. The molecule has 0 spiro atoms. The van der Waals surface area contributed by atoms with Crippen LogP contribution in [-0.2, 0) is 11.3 Å². The van der Waals surface area contributed by atoms with Crippen LogP contribution in [0.1, 0.15) is 12.0 Å². The molecule has 5 aliphatic rings. The summed E-state index contributed by atoms with van der Waals surface area (Å²) in [5.41, 5.74) is 3.93. The van der Waals surface area contributed by atoms with Gasteiger partial charge in [0.2, 0.25) is 11.9 Å². The number of amides is 1. The highest BCUT2D eigenvalue weighted by atomic mass is 16.2. The van der Waals surface area contributed by atoms with Crippen LogP contribution in [0.4, 0.5) is 17.5 Å². The molecular weight excluding hydrogens is 428 g/mol. The Balaban J connectivity index is 1.35. The first kappa shape index (κ1) is 22.2. The van der Waals surface area contributed by atoms with Crippen LogP contribution in [0.2, 0.25) is 0 Å². The van der Waals surface area contributed by atoms with Crippen molar-refractivity contribution in [1.82, 2.24) is 30.1 Å². The maximum Gasteiger partial charge on any atom is 0.234 e. The van der Waals surface area contributed by atoms with Crippen molar-refractivity contribution in [2.24, 2.45) is 0 Å². The molecule has 0 saturated carbocycles. The van der Waals surface area contributed by atoms with E-state index in [1.165, 1.54) is 5.56 Å². The lowest BCUT2D eigenvalue weighted by Crippen LogP contribution is -2.49. The summed E-state index contributed by atoms with van der Waals surface area (Å²) in [4.78, 5) is 30.6. The van der Waals surface area contributed by atoms with Crippen LogP contribution in [-0.4, -0.2) is 76.5 Å². The second-order valence-electron chi connectivity index (χ2n) is 8.71. The summed E-state index contributed by atoms with van der Waals surface area (Å²) < 4.78 is 0. The van der Waals surface area contributed by atoms with Crippen molar-refractivity contribution in [3.05, 3.63) is 60.4 Å². The van der Waals surface area contributed by atoms with Gasteiger partial charge in [-0.15, -0.1) is 0 Å². The molecule has 34 heavy (non-hydrogen) atoms. The minimum Gasteiger partial charge on any atom is -0.370 e. The molecule has 5 aliphatic heterocycles. The number of hydrogen-bond donors (Lipinski definition) is 3. The molecular formula is C25H30N8O. The third-order valence-corrected chi connectivity index (χ3v) is 6.12. The molecule has 1 amide bonds. The number of nitrogens with zero attached hydrogens (tertiary/aromatic N) is 5. The largest absolute Gasteiger partial charge is 0.370 e. The molecule has 0 atom stereocenters. The van der Waals surface area contributed by atoms with Crippen LogP contribution in [0.3, 0.4) is 0 Å². The summed E-state index contributed by atoms with van der Waals surface area (Å²) >= 11 is 0. The number of pyridine rings is 1. The van der Waals surface area contributed by atoms with E-state index in [0.29, 0.717) is 19.0 Å². The van der Waals surface area contributed by atoms with E-state index in [4.69, 9.17) is 0 Å². The Labute approximate surface area is 199 Å². The Morgan fingerprint density at radius 2 is 1.68 bits per heavy atom. The van der Waals surface area contributed by atoms with Gasteiger partial charge in [0.15, 0.2) is 0 Å². The second kappa shape index (κ2) is 10.6. The molecule has 1 saturated heterocycles. The van der Waals surface area contributed by atoms with E-state index in [9.17, 15) is 4.79 Å². The molecule has 7 heterocycles. The number of nitrogens with one attached hydrogen (secondary N) is 3. The highest BCUT2D eigenvalue weighted by molar-refractivity contribution is 5.78. The normalized spacial score (nSPS) is 21.2. The molecule has 3 N–H and O–H groups in total. The van der Waals surface area contributed by atoms with E-state index >= 15 is 0 Å². The van der Waals surface area contributed by atoms with E-state index < -0.39 is 0 Å². The second-order valence-corrected chi connectivity index (χ2v) is 8.71. The van der Waals surface area contributed by atoms with Crippen LogP contribution in [0.15, 0.2) is 54.9 Å². The summed E-state index contributed by atoms with van der Waals surface area (Å²) in [6.07, 6.45) is 4.41. The predicted octanol–water partition coefficient (Wildman–Crippen LogP) is 2.33. The van der Waals surface area contributed by atoms with Gasteiger partial charge in [-0.3, -0.25) is 14.6 Å². The molecule has 9 nitrogen and oxygen atoms in total. The number of rotatable bonds is 0. The van der Waals surface area contributed by atoms with Crippen molar-refractivity contribution in [2.45, 2.75) is 13.0 Å². The van der Waals surface area contributed by atoms with Gasteiger partial charge in [-0.2, -0.15) is 0 Å². The molecule has 0 radical (unpaired) electrons. The van der Waals surface area contributed by atoms with Crippen molar-refractivity contribution >= 4 is 23.4 Å². The van der Waals surface area contributed by atoms with Gasteiger partial charge in [0.1, 0.15) is 5.82 Å². The lowest BCUT2D eigenvalue weighted by molar-refractivity contribution is -0.122. The molecule has 9 heteroatoms. The Hall–Kier alpha value is -3.56. The third-order valence-electron chi connectivity index (χ3n) is 6.12. The molecule has 8 rings (SSSR count). The minimum atomic E-state index is 0.0935. The number of carbonyl (C=O) groups excluding carboxylic acids is 1. The monoisotopic (exact) mass is 458 g/mol. The van der Waals surface area contributed by atoms with E-state index in [-0.39, 0.29) is 5.91 Å². The predicted molar refractivity (Wildman–Crippen MR) is 133 cm³/mol. The Bertz CT molecular complexity index is 1110. The fraction of sp³-hybridized carbons (Fsp3) is 0.360. The van der Waals surface area contributed by atoms with Crippen LogP contribution in [0.5, 0.6) is 0 Å². The van der Waals surface area contributed by atoms with Crippen LogP contribution >= 0.6 is 0 Å². The van der Waals surface area contributed by atoms with Crippen molar-refractivity contribution < 1.29 is 4.79 Å².